The number of hydrogen-bond acceptors (Lipinski definition) is 5. The average molecular weight is 289 g/mol. The van der Waals surface area contributed by atoms with Gasteiger partial charge in [-0.2, -0.15) is 5.10 Å². The Balaban J connectivity index is 1.54. The first-order valence-electron chi connectivity index (χ1n) is 6.38. The molecular weight excluding hydrogens is 274 g/mol. The number of ether oxygens (including phenoxy) is 1. The van der Waals surface area contributed by atoms with Gasteiger partial charge >= 0.3 is 5.97 Å². The summed E-state index contributed by atoms with van der Waals surface area (Å²) in [4.78, 5) is 13.0. The first-order valence-corrected chi connectivity index (χ1v) is 7.37. The van der Waals surface area contributed by atoms with Gasteiger partial charge in [0.15, 0.2) is 0 Å². The van der Waals surface area contributed by atoms with E-state index in [0.29, 0.717) is 12.4 Å². The molecule has 0 aliphatic carbocycles. The van der Waals surface area contributed by atoms with Crippen LogP contribution < -0.4 is 5.73 Å². The summed E-state index contributed by atoms with van der Waals surface area (Å²) in [6.07, 6.45) is 1.66. The van der Waals surface area contributed by atoms with E-state index in [0.717, 1.165) is 5.75 Å². The highest BCUT2D eigenvalue weighted by molar-refractivity contribution is 7.99. The maximum absolute atomic E-state index is 11.8. The minimum absolute atomic E-state index is 0.0959. The fourth-order valence-electron chi connectivity index (χ4n) is 2.20. The van der Waals surface area contributed by atoms with E-state index < -0.39 is 0 Å². The van der Waals surface area contributed by atoms with E-state index in [9.17, 15) is 4.79 Å². The molecule has 0 saturated heterocycles. The SMILES string of the molecule is Nc1ccn(CC(=O)OCC2CSc3ccccc32)n1. The van der Waals surface area contributed by atoms with Crippen LogP contribution in [0.15, 0.2) is 41.4 Å². The van der Waals surface area contributed by atoms with Crippen LogP contribution in [0.25, 0.3) is 0 Å². The second-order valence-corrected chi connectivity index (χ2v) is 5.73. The molecule has 104 valence electrons. The fourth-order valence-corrected chi connectivity index (χ4v) is 3.44. The summed E-state index contributed by atoms with van der Waals surface area (Å²) in [5, 5.41) is 3.96. The molecule has 3 rings (SSSR count). The molecule has 1 atom stereocenters. The average Bonchev–Trinajstić information content (AvgIpc) is 3.03. The zero-order valence-corrected chi connectivity index (χ0v) is 11.7. The number of nitrogens with two attached hydrogens (primary N) is 1. The molecule has 1 aromatic heterocycles. The van der Waals surface area contributed by atoms with E-state index in [-0.39, 0.29) is 18.4 Å². The van der Waals surface area contributed by atoms with Crippen LogP contribution in [-0.4, -0.2) is 28.1 Å². The summed E-state index contributed by atoms with van der Waals surface area (Å²) < 4.78 is 6.82. The van der Waals surface area contributed by atoms with Crippen LogP contribution in [0.5, 0.6) is 0 Å². The lowest BCUT2D eigenvalue weighted by Gasteiger charge is -2.11. The largest absolute Gasteiger partial charge is 0.464 e. The third-order valence-corrected chi connectivity index (χ3v) is 4.45. The van der Waals surface area contributed by atoms with Crippen molar-refractivity contribution in [2.24, 2.45) is 0 Å². The zero-order chi connectivity index (χ0) is 13.9. The minimum atomic E-state index is -0.289. The third kappa shape index (κ3) is 2.80. The number of anilines is 1. The monoisotopic (exact) mass is 289 g/mol. The van der Waals surface area contributed by atoms with Crippen molar-refractivity contribution >= 4 is 23.5 Å². The van der Waals surface area contributed by atoms with E-state index >= 15 is 0 Å². The summed E-state index contributed by atoms with van der Waals surface area (Å²) in [6, 6.07) is 9.90. The predicted octanol–water partition coefficient (Wildman–Crippen LogP) is 1.90. The quantitative estimate of drug-likeness (QED) is 0.870. The lowest BCUT2D eigenvalue weighted by molar-refractivity contribution is -0.145. The predicted molar refractivity (Wildman–Crippen MR) is 77.5 cm³/mol. The van der Waals surface area contributed by atoms with Crippen molar-refractivity contribution in [2.45, 2.75) is 17.4 Å². The molecule has 0 bridgehead atoms. The Labute approximate surface area is 121 Å². The number of hydrogen-bond donors (Lipinski definition) is 1. The summed E-state index contributed by atoms with van der Waals surface area (Å²) in [7, 11) is 0. The molecule has 0 amide bonds. The van der Waals surface area contributed by atoms with Crippen molar-refractivity contribution in [3.05, 3.63) is 42.1 Å². The molecule has 2 heterocycles. The van der Waals surface area contributed by atoms with E-state index in [1.807, 2.05) is 23.9 Å². The van der Waals surface area contributed by atoms with Crippen LogP contribution in [0.3, 0.4) is 0 Å². The van der Waals surface area contributed by atoms with Crippen molar-refractivity contribution in [1.29, 1.82) is 0 Å². The highest BCUT2D eigenvalue weighted by atomic mass is 32.2. The molecule has 0 spiro atoms. The van der Waals surface area contributed by atoms with Crippen LogP contribution in [0.4, 0.5) is 5.82 Å². The molecule has 1 aliphatic rings. The molecule has 2 N–H and O–H groups in total. The van der Waals surface area contributed by atoms with Gasteiger partial charge in [0.1, 0.15) is 12.4 Å². The summed E-state index contributed by atoms with van der Waals surface area (Å²) >= 11 is 1.81. The number of nitrogen functional groups attached to an aromatic ring is 1. The number of carbonyl (C=O) groups is 1. The van der Waals surface area contributed by atoms with Crippen LogP contribution >= 0.6 is 11.8 Å². The van der Waals surface area contributed by atoms with E-state index in [1.165, 1.54) is 15.1 Å². The Bertz CT molecular complexity index is 626. The second-order valence-electron chi connectivity index (χ2n) is 4.67. The molecule has 0 saturated carbocycles. The molecular formula is C14H15N3O2S. The molecule has 0 fully saturated rings. The number of carbonyl (C=O) groups excluding carboxylic acids is 1. The number of rotatable bonds is 4. The Hall–Kier alpha value is -1.95. The number of benzene rings is 1. The van der Waals surface area contributed by atoms with Crippen LogP contribution in [0.2, 0.25) is 0 Å². The number of aromatic nitrogens is 2. The number of esters is 1. The van der Waals surface area contributed by atoms with Crippen molar-refractivity contribution in [1.82, 2.24) is 9.78 Å². The normalized spacial score (nSPS) is 16.9. The fraction of sp³-hybridized carbons (Fsp3) is 0.286. The summed E-state index contributed by atoms with van der Waals surface area (Å²) in [5.74, 6) is 1.35. The standard InChI is InChI=1S/C14H15N3O2S/c15-13-5-6-17(16-13)7-14(18)19-8-10-9-20-12-4-2-1-3-11(10)12/h1-6,10H,7-9H2,(H2,15,16). The van der Waals surface area contributed by atoms with Crippen molar-refractivity contribution in [3.8, 4) is 0 Å². The van der Waals surface area contributed by atoms with Gasteiger partial charge in [-0.05, 0) is 17.7 Å². The van der Waals surface area contributed by atoms with Gasteiger partial charge in [0.05, 0.1) is 6.61 Å². The molecule has 2 aromatic rings. The number of thioether (sulfide) groups is 1. The maximum atomic E-state index is 11.8. The van der Waals surface area contributed by atoms with E-state index in [2.05, 4.69) is 17.2 Å². The van der Waals surface area contributed by atoms with Gasteiger partial charge in [-0.15, -0.1) is 11.8 Å². The zero-order valence-electron chi connectivity index (χ0n) is 10.9. The maximum Gasteiger partial charge on any atom is 0.327 e. The summed E-state index contributed by atoms with van der Waals surface area (Å²) in [5.41, 5.74) is 6.77. The number of fused-ring (bicyclic) bond motifs is 1. The van der Waals surface area contributed by atoms with Gasteiger partial charge < -0.3 is 10.5 Å². The van der Waals surface area contributed by atoms with Gasteiger partial charge in [-0.1, -0.05) is 18.2 Å². The van der Waals surface area contributed by atoms with Crippen molar-refractivity contribution in [3.63, 3.8) is 0 Å². The van der Waals surface area contributed by atoms with Crippen molar-refractivity contribution in [2.75, 3.05) is 18.1 Å². The topological polar surface area (TPSA) is 70.1 Å². The first-order chi connectivity index (χ1) is 9.72. The van der Waals surface area contributed by atoms with Gasteiger partial charge in [0.2, 0.25) is 0 Å². The summed E-state index contributed by atoms with van der Waals surface area (Å²) in [6.45, 7) is 0.512. The molecule has 6 heteroatoms. The molecule has 1 aromatic carbocycles. The van der Waals surface area contributed by atoms with E-state index in [1.54, 1.807) is 12.3 Å². The Kier molecular flexibility index (Phi) is 3.64. The Morgan fingerprint density at radius 3 is 3.10 bits per heavy atom. The van der Waals surface area contributed by atoms with Crippen LogP contribution in [-0.2, 0) is 16.1 Å². The van der Waals surface area contributed by atoms with Gasteiger partial charge in [0.25, 0.3) is 0 Å². The van der Waals surface area contributed by atoms with Crippen LogP contribution in [0.1, 0.15) is 11.5 Å². The second kappa shape index (κ2) is 5.58. The number of nitrogens with zero attached hydrogens (tertiary/aromatic N) is 2. The minimum Gasteiger partial charge on any atom is -0.464 e. The van der Waals surface area contributed by atoms with Crippen LogP contribution in [0, 0.1) is 0 Å². The smallest absolute Gasteiger partial charge is 0.327 e. The molecule has 0 radical (unpaired) electrons. The Morgan fingerprint density at radius 1 is 1.45 bits per heavy atom. The lowest BCUT2D eigenvalue weighted by Crippen LogP contribution is -2.18. The Morgan fingerprint density at radius 2 is 2.30 bits per heavy atom. The first kappa shape index (κ1) is 13.1. The highest BCUT2D eigenvalue weighted by Crippen LogP contribution is 2.39. The van der Waals surface area contributed by atoms with Gasteiger partial charge in [0, 0.05) is 22.8 Å². The van der Waals surface area contributed by atoms with E-state index in [4.69, 9.17) is 10.5 Å². The molecule has 5 nitrogen and oxygen atoms in total. The molecule has 20 heavy (non-hydrogen) atoms. The van der Waals surface area contributed by atoms with Gasteiger partial charge in [-0.3, -0.25) is 9.48 Å². The highest BCUT2D eigenvalue weighted by Gasteiger charge is 2.23. The van der Waals surface area contributed by atoms with Crippen molar-refractivity contribution < 1.29 is 9.53 Å². The molecule has 1 aliphatic heterocycles. The lowest BCUT2D eigenvalue weighted by atomic mass is 10.0. The molecule has 1 unspecified atom stereocenters. The van der Waals surface area contributed by atoms with Gasteiger partial charge in [-0.25, -0.2) is 0 Å². The third-order valence-electron chi connectivity index (χ3n) is 3.20.